The van der Waals surface area contributed by atoms with Crippen molar-refractivity contribution in [2.45, 2.75) is 20.3 Å². The van der Waals surface area contributed by atoms with Gasteiger partial charge in [-0.05, 0) is 37.1 Å². The van der Waals surface area contributed by atoms with E-state index in [0.717, 1.165) is 12.1 Å². The summed E-state index contributed by atoms with van der Waals surface area (Å²) in [6.45, 7) is 3.61. The van der Waals surface area contributed by atoms with Crippen LogP contribution in [0.5, 0.6) is 0 Å². The zero-order valence-corrected chi connectivity index (χ0v) is 10.8. The summed E-state index contributed by atoms with van der Waals surface area (Å²) in [7, 11) is 0. The van der Waals surface area contributed by atoms with Crippen LogP contribution in [-0.4, -0.2) is 15.9 Å². The first-order valence-corrected chi connectivity index (χ1v) is 5.98. The van der Waals surface area contributed by atoms with Gasteiger partial charge in [0.15, 0.2) is 0 Å². The molecule has 0 aliphatic heterocycles. The Kier molecular flexibility index (Phi) is 3.85. The standard InChI is InChI=1S/C14H14FN3O/c1-3-10-7-13(17-8-16-10)14(19)18-11-5-4-9(2)12(15)6-11/h4-8H,3H2,1-2H3,(H,18,19). The highest BCUT2D eigenvalue weighted by Crippen LogP contribution is 2.14. The second kappa shape index (κ2) is 5.56. The Bertz CT molecular complexity index is 613. The summed E-state index contributed by atoms with van der Waals surface area (Å²) in [5.41, 5.74) is 2.00. The number of nitrogens with one attached hydrogen (secondary N) is 1. The van der Waals surface area contributed by atoms with Crippen molar-refractivity contribution in [3.8, 4) is 0 Å². The minimum absolute atomic E-state index is 0.271. The molecule has 0 aliphatic carbocycles. The average Bonchev–Trinajstić information content (AvgIpc) is 2.43. The number of aromatic nitrogens is 2. The fourth-order valence-electron chi connectivity index (χ4n) is 1.58. The molecule has 5 heteroatoms. The summed E-state index contributed by atoms with van der Waals surface area (Å²) in [5, 5.41) is 2.61. The molecule has 4 nitrogen and oxygen atoms in total. The molecule has 1 aromatic carbocycles. The van der Waals surface area contributed by atoms with Gasteiger partial charge in [0.2, 0.25) is 0 Å². The van der Waals surface area contributed by atoms with E-state index < -0.39 is 0 Å². The van der Waals surface area contributed by atoms with E-state index in [1.54, 1.807) is 25.1 Å². The van der Waals surface area contributed by atoms with Crippen molar-refractivity contribution in [1.29, 1.82) is 0 Å². The van der Waals surface area contributed by atoms with E-state index in [9.17, 15) is 9.18 Å². The van der Waals surface area contributed by atoms with E-state index in [1.807, 2.05) is 6.92 Å². The fraction of sp³-hybridized carbons (Fsp3) is 0.214. The molecule has 1 amide bonds. The normalized spacial score (nSPS) is 10.3. The van der Waals surface area contributed by atoms with Gasteiger partial charge in [0.05, 0.1) is 0 Å². The van der Waals surface area contributed by atoms with E-state index >= 15 is 0 Å². The number of benzene rings is 1. The minimum Gasteiger partial charge on any atom is -0.321 e. The lowest BCUT2D eigenvalue weighted by Gasteiger charge is -2.06. The number of amides is 1. The lowest BCUT2D eigenvalue weighted by Crippen LogP contribution is -2.14. The van der Waals surface area contributed by atoms with Crippen LogP contribution in [0, 0.1) is 12.7 Å². The van der Waals surface area contributed by atoms with Crippen LogP contribution in [-0.2, 0) is 6.42 Å². The number of carbonyl (C=O) groups is 1. The van der Waals surface area contributed by atoms with Gasteiger partial charge in [0.25, 0.3) is 5.91 Å². The zero-order chi connectivity index (χ0) is 13.8. The molecular weight excluding hydrogens is 245 g/mol. The first kappa shape index (κ1) is 13.1. The number of nitrogens with zero attached hydrogens (tertiary/aromatic N) is 2. The van der Waals surface area contributed by atoms with Crippen LogP contribution in [0.2, 0.25) is 0 Å². The van der Waals surface area contributed by atoms with Gasteiger partial charge < -0.3 is 5.32 Å². The molecule has 19 heavy (non-hydrogen) atoms. The van der Waals surface area contributed by atoms with Crippen LogP contribution in [0.1, 0.15) is 28.7 Å². The van der Waals surface area contributed by atoms with Gasteiger partial charge in [0, 0.05) is 11.4 Å². The summed E-state index contributed by atoms with van der Waals surface area (Å²) >= 11 is 0. The maximum atomic E-state index is 13.4. The molecule has 0 saturated carbocycles. The molecule has 0 atom stereocenters. The molecule has 98 valence electrons. The number of hydrogen-bond donors (Lipinski definition) is 1. The zero-order valence-electron chi connectivity index (χ0n) is 10.8. The number of halogens is 1. The maximum Gasteiger partial charge on any atom is 0.274 e. The fourth-order valence-corrected chi connectivity index (χ4v) is 1.58. The lowest BCUT2D eigenvalue weighted by molar-refractivity contribution is 0.102. The van der Waals surface area contributed by atoms with Gasteiger partial charge in [-0.15, -0.1) is 0 Å². The molecule has 1 heterocycles. The van der Waals surface area contributed by atoms with E-state index in [0.29, 0.717) is 11.3 Å². The van der Waals surface area contributed by atoms with Crippen molar-refractivity contribution in [1.82, 2.24) is 9.97 Å². The second-order valence-electron chi connectivity index (χ2n) is 4.17. The van der Waals surface area contributed by atoms with Gasteiger partial charge >= 0.3 is 0 Å². The Morgan fingerprint density at radius 1 is 1.32 bits per heavy atom. The van der Waals surface area contributed by atoms with E-state index in [1.165, 1.54) is 12.4 Å². The Morgan fingerprint density at radius 3 is 2.79 bits per heavy atom. The Labute approximate surface area is 110 Å². The molecule has 0 unspecified atom stereocenters. The first-order chi connectivity index (χ1) is 9.10. The van der Waals surface area contributed by atoms with Crippen molar-refractivity contribution >= 4 is 11.6 Å². The van der Waals surface area contributed by atoms with Crippen LogP contribution < -0.4 is 5.32 Å². The lowest BCUT2D eigenvalue weighted by atomic mass is 10.2. The molecule has 1 aromatic heterocycles. The van der Waals surface area contributed by atoms with Crippen LogP contribution in [0.4, 0.5) is 10.1 Å². The molecule has 0 bridgehead atoms. The van der Waals surface area contributed by atoms with Crippen molar-refractivity contribution < 1.29 is 9.18 Å². The summed E-state index contributed by atoms with van der Waals surface area (Å²) in [6.07, 6.45) is 2.07. The maximum absolute atomic E-state index is 13.4. The van der Waals surface area contributed by atoms with Gasteiger partial charge in [-0.2, -0.15) is 0 Å². The second-order valence-corrected chi connectivity index (χ2v) is 4.17. The Morgan fingerprint density at radius 2 is 2.11 bits per heavy atom. The van der Waals surface area contributed by atoms with Gasteiger partial charge in [-0.1, -0.05) is 13.0 Å². The number of anilines is 1. The van der Waals surface area contributed by atoms with Crippen LogP contribution in [0.25, 0.3) is 0 Å². The van der Waals surface area contributed by atoms with Crippen molar-refractivity contribution in [2.24, 2.45) is 0 Å². The predicted molar refractivity (Wildman–Crippen MR) is 70.5 cm³/mol. The molecule has 1 N–H and O–H groups in total. The molecule has 0 saturated heterocycles. The first-order valence-electron chi connectivity index (χ1n) is 5.98. The van der Waals surface area contributed by atoms with Gasteiger partial charge in [-0.25, -0.2) is 14.4 Å². The molecule has 0 aliphatic rings. The monoisotopic (exact) mass is 259 g/mol. The largest absolute Gasteiger partial charge is 0.321 e. The van der Waals surface area contributed by atoms with E-state index in [-0.39, 0.29) is 17.4 Å². The molecule has 0 radical (unpaired) electrons. The van der Waals surface area contributed by atoms with Gasteiger partial charge in [-0.3, -0.25) is 4.79 Å². The van der Waals surface area contributed by atoms with E-state index in [4.69, 9.17) is 0 Å². The average molecular weight is 259 g/mol. The Hall–Kier alpha value is -2.30. The topological polar surface area (TPSA) is 54.9 Å². The van der Waals surface area contributed by atoms with Crippen molar-refractivity contribution in [3.05, 3.63) is 53.4 Å². The third kappa shape index (κ3) is 3.13. The number of rotatable bonds is 3. The summed E-state index contributed by atoms with van der Waals surface area (Å²) in [5.74, 6) is -0.727. The van der Waals surface area contributed by atoms with Crippen molar-refractivity contribution in [2.75, 3.05) is 5.32 Å². The Balaban J connectivity index is 2.18. The highest BCUT2D eigenvalue weighted by Gasteiger charge is 2.09. The highest BCUT2D eigenvalue weighted by atomic mass is 19.1. The summed E-state index contributed by atoms with van der Waals surface area (Å²) in [6, 6.07) is 6.18. The van der Waals surface area contributed by atoms with Crippen LogP contribution >= 0.6 is 0 Å². The molecule has 2 aromatic rings. The molecular formula is C14H14FN3O. The highest BCUT2D eigenvalue weighted by molar-refractivity contribution is 6.02. The smallest absolute Gasteiger partial charge is 0.274 e. The van der Waals surface area contributed by atoms with Crippen molar-refractivity contribution in [3.63, 3.8) is 0 Å². The minimum atomic E-state index is -0.375. The third-order valence-electron chi connectivity index (χ3n) is 2.75. The number of carbonyl (C=O) groups excluding carboxylic acids is 1. The molecule has 0 fully saturated rings. The predicted octanol–water partition coefficient (Wildman–Crippen LogP) is 2.74. The molecule has 0 spiro atoms. The number of aryl methyl sites for hydroxylation is 2. The quantitative estimate of drug-likeness (QED) is 0.922. The van der Waals surface area contributed by atoms with E-state index in [2.05, 4.69) is 15.3 Å². The van der Waals surface area contributed by atoms with Crippen LogP contribution in [0.3, 0.4) is 0 Å². The van der Waals surface area contributed by atoms with Gasteiger partial charge in [0.1, 0.15) is 17.8 Å². The SMILES string of the molecule is CCc1cc(C(=O)Nc2ccc(C)c(F)c2)ncn1. The number of hydrogen-bond acceptors (Lipinski definition) is 3. The third-order valence-corrected chi connectivity index (χ3v) is 2.75. The summed E-state index contributed by atoms with van der Waals surface area (Å²) in [4.78, 5) is 19.9. The van der Waals surface area contributed by atoms with Crippen LogP contribution in [0.15, 0.2) is 30.6 Å². The summed E-state index contributed by atoms with van der Waals surface area (Å²) < 4.78 is 13.4. The molecule has 2 rings (SSSR count).